The lowest BCUT2D eigenvalue weighted by Crippen LogP contribution is -2.14. The fourth-order valence-corrected chi connectivity index (χ4v) is 2.70. The second-order valence-corrected chi connectivity index (χ2v) is 6.29. The molecule has 1 aromatic heterocycles. The number of methoxy groups -OCH3 is 1. The van der Waals surface area contributed by atoms with Crippen molar-refractivity contribution in [2.24, 2.45) is 0 Å². The highest BCUT2D eigenvalue weighted by Crippen LogP contribution is 2.15. The van der Waals surface area contributed by atoms with E-state index in [1.807, 2.05) is 48.5 Å². The van der Waals surface area contributed by atoms with Crippen molar-refractivity contribution in [3.63, 3.8) is 0 Å². The Kier molecular flexibility index (Phi) is 6.05. The number of pyridine rings is 1. The van der Waals surface area contributed by atoms with Crippen LogP contribution in [0.25, 0.3) is 0 Å². The zero-order valence-corrected chi connectivity index (χ0v) is 15.5. The Labute approximate surface area is 159 Å². The summed E-state index contributed by atoms with van der Waals surface area (Å²) < 4.78 is 5.12. The molecule has 3 aromatic rings. The predicted octanol–water partition coefficient (Wildman–Crippen LogP) is 4.19. The van der Waals surface area contributed by atoms with Crippen LogP contribution in [0.1, 0.15) is 16.7 Å². The van der Waals surface area contributed by atoms with Crippen LogP contribution in [-0.4, -0.2) is 18.0 Å². The maximum atomic E-state index is 12.2. The van der Waals surface area contributed by atoms with Crippen molar-refractivity contribution >= 4 is 17.4 Å². The molecule has 5 heteroatoms. The van der Waals surface area contributed by atoms with Crippen LogP contribution in [0.4, 0.5) is 11.5 Å². The summed E-state index contributed by atoms with van der Waals surface area (Å²) in [6.07, 6.45) is 1.96. The minimum Gasteiger partial charge on any atom is -0.497 e. The summed E-state index contributed by atoms with van der Waals surface area (Å²) in [7, 11) is 1.62. The van der Waals surface area contributed by atoms with Crippen LogP contribution in [0.3, 0.4) is 0 Å². The molecule has 27 heavy (non-hydrogen) atoms. The van der Waals surface area contributed by atoms with Crippen molar-refractivity contribution in [1.82, 2.24) is 4.98 Å². The Balaban J connectivity index is 1.52. The van der Waals surface area contributed by atoms with E-state index in [0.717, 1.165) is 17.1 Å². The maximum Gasteiger partial charge on any atom is 0.228 e. The average molecular weight is 361 g/mol. The van der Waals surface area contributed by atoms with Crippen LogP contribution in [0, 0.1) is 6.92 Å². The first kappa shape index (κ1) is 18.5. The van der Waals surface area contributed by atoms with E-state index < -0.39 is 0 Å². The van der Waals surface area contributed by atoms with Crippen molar-refractivity contribution in [3.8, 4) is 5.75 Å². The first-order valence-electron chi connectivity index (χ1n) is 8.81. The van der Waals surface area contributed by atoms with Crippen LogP contribution < -0.4 is 15.4 Å². The molecule has 0 atom stereocenters. The van der Waals surface area contributed by atoms with Gasteiger partial charge in [-0.25, -0.2) is 4.98 Å². The number of hydrogen-bond acceptors (Lipinski definition) is 4. The number of nitrogens with zero attached hydrogens (tertiary/aromatic N) is 1. The summed E-state index contributed by atoms with van der Waals surface area (Å²) in [6, 6.07) is 19.4. The van der Waals surface area contributed by atoms with Crippen LogP contribution in [0.5, 0.6) is 5.75 Å². The van der Waals surface area contributed by atoms with Crippen LogP contribution in [0.15, 0.2) is 66.9 Å². The number of ether oxygens (including phenoxy) is 1. The fraction of sp³-hybridized carbons (Fsp3) is 0.182. The molecule has 0 radical (unpaired) electrons. The molecule has 0 fully saturated rings. The average Bonchev–Trinajstić information content (AvgIpc) is 2.69. The molecule has 0 aliphatic rings. The summed E-state index contributed by atoms with van der Waals surface area (Å²) in [5.74, 6) is 1.46. The van der Waals surface area contributed by atoms with Gasteiger partial charge in [-0.15, -0.1) is 0 Å². The molecule has 0 saturated carbocycles. The Bertz CT molecular complexity index is 890. The number of carbonyl (C=O) groups is 1. The molecule has 0 unspecified atom stereocenters. The lowest BCUT2D eigenvalue weighted by Gasteiger charge is -2.09. The Morgan fingerprint density at radius 2 is 1.81 bits per heavy atom. The fourth-order valence-electron chi connectivity index (χ4n) is 2.70. The number of hydrogen-bond donors (Lipinski definition) is 2. The summed E-state index contributed by atoms with van der Waals surface area (Å²) in [4.78, 5) is 16.5. The lowest BCUT2D eigenvalue weighted by atomic mass is 10.1. The van der Waals surface area contributed by atoms with Gasteiger partial charge in [0.1, 0.15) is 11.6 Å². The SMILES string of the molecule is COc1ccc(CC(=O)Nc2ccc(NCc3ccccc3C)nc2)cc1. The van der Waals surface area contributed by atoms with Gasteiger partial charge in [0, 0.05) is 6.54 Å². The molecule has 0 aliphatic carbocycles. The number of benzene rings is 2. The van der Waals surface area contributed by atoms with E-state index in [2.05, 4.69) is 34.7 Å². The predicted molar refractivity (Wildman–Crippen MR) is 108 cm³/mol. The van der Waals surface area contributed by atoms with Gasteiger partial charge in [0.2, 0.25) is 5.91 Å². The third kappa shape index (κ3) is 5.31. The highest BCUT2D eigenvalue weighted by molar-refractivity contribution is 5.92. The van der Waals surface area contributed by atoms with Gasteiger partial charge in [0.15, 0.2) is 0 Å². The summed E-state index contributed by atoms with van der Waals surface area (Å²) >= 11 is 0. The number of rotatable bonds is 7. The summed E-state index contributed by atoms with van der Waals surface area (Å²) in [6.45, 7) is 2.80. The highest BCUT2D eigenvalue weighted by atomic mass is 16.5. The van der Waals surface area contributed by atoms with Crippen molar-refractivity contribution in [2.75, 3.05) is 17.7 Å². The lowest BCUT2D eigenvalue weighted by molar-refractivity contribution is -0.115. The molecule has 138 valence electrons. The summed E-state index contributed by atoms with van der Waals surface area (Å²) in [5.41, 5.74) is 4.08. The first-order chi connectivity index (χ1) is 13.1. The largest absolute Gasteiger partial charge is 0.497 e. The topological polar surface area (TPSA) is 63.2 Å². The molecule has 1 amide bonds. The van der Waals surface area contributed by atoms with E-state index in [4.69, 9.17) is 4.74 Å². The van der Waals surface area contributed by atoms with E-state index in [1.165, 1.54) is 11.1 Å². The normalized spacial score (nSPS) is 10.3. The zero-order valence-electron chi connectivity index (χ0n) is 15.5. The van der Waals surface area contributed by atoms with E-state index in [0.29, 0.717) is 18.7 Å². The number of aryl methyl sites for hydroxylation is 1. The highest BCUT2D eigenvalue weighted by Gasteiger charge is 2.05. The van der Waals surface area contributed by atoms with E-state index >= 15 is 0 Å². The molecule has 2 aromatic carbocycles. The standard InChI is InChI=1S/C22H23N3O2/c1-16-5-3-4-6-18(16)14-23-21-12-9-19(15-24-21)25-22(26)13-17-7-10-20(27-2)11-8-17/h3-12,15H,13-14H2,1-2H3,(H,23,24)(H,25,26). The molecule has 0 spiro atoms. The van der Waals surface area contributed by atoms with E-state index in [-0.39, 0.29) is 5.91 Å². The minimum absolute atomic E-state index is 0.0809. The maximum absolute atomic E-state index is 12.2. The molecule has 0 aliphatic heterocycles. The van der Waals surface area contributed by atoms with Gasteiger partial charge < -0.3 is 15.4 Å². The number of aromatic nitrogens is 1. The third-order valence-electron chi connectivity index (χ3n) is 4.29. The quantitative estimate of drug-likeness (QED) is 0.662. The van der Waals surface area contributed by atoms with Crippen LogP contribution in [0.2, 0.25) is 0 Å². The van der Waals surface area contributed by atoms with Crippen molar-refractivity contribution in [3.05, 3.63) is 83.6 Å². The Hall–Kier alpha value is -3.34. The molecule has 2 N–H and O–H groups in total. The van der Waals surface area contributed by atoms with E-state index in [9.17, 15) is 4.79 Å². The molecule has 0 saturated heterocycles. The van der Waals surface area contributed by atoms with Crippen LogP contribution in [-0.2, 0) is 17.8 Å². The summed E-state index contributed by atoms with van der Waals surface area (Å²) in [5, 5.41) is 6.17. The third-order valence-corrected chi connectivity index (χ3v) is 4.29. The van der Waals surface area contributed by atoms with E-state index in [1.54, 1.807) is 13.3 Å². The number of anilines is 2. The second kappa shape index (κ2) is 8.85. The number of carbonyl (C=O) groups excluding carboxylic acids is 1. The first-order valence-corrected chi connectivity index (χ1v) is 8.81. The number of amides is 1. The Morgan fingerprint density at radius 1 is 1.04 bits per heavy atom. The molecular weight excluding hydrogens is 338 g/mol. The van der Waals surface area contributed by atoms with Crippen molar-refractivity contribution in [1.29, 1.82) is 0 Å². The smallest absolute Gasteiger partial charge is 0.228 e. The van der Waals surface area contributed by atoms with Gasteiger partial charge in [0.25, 0.3) is 0 Å². The van der Waals surface area contributed by atoms with Crippen LogP contribution >= 0.6 is 0 Å². The molecule has 3 rings (SSSR count). The Morgan fingerprint density at radius 3 is 2.48 bits per heavy atom. The molecular formula is C22H23N3O2. The van der Waals surface area contributed by atoms with Gasteiger partial charge >= 0.3 is 0 Å². The minimum atomic E-state index is -0.0809. The van der Waals surface area contributed by atoms with Gasteiger partial charge in [0.05, 0.1) is 25.4 Å². The van der Waals surface area contributed by atoms with Gasteiger partial charge in [-0.2, -0.15) is 0 Å². The van der Waals surface area contributed by atoms with Gasteiger partial charge in [-0.05, 0) is 47.9 Å². The zero-order chi connectivity index (χ0) is 19.1. The molecule has 5 nitrogen and oxygen atoms in total. The van der Waals surface area contributed by atoms with Gasteiger partial charge in [-0.3, -0.25) is 4.79 Å². The number of nitrogens with one attached hydrogen (secondary N) is 2. The molecule has 1 heterocycles. The van der Waals surface area contributed by atoms with Crippen molar-refractivity contribution in [2.45, 2.75) is 19.9 Å². The van der Waals surface area contributed by atoms with Gasteiger partial charge in [-0.1, -0.05) is 36.4 Å². The monoisotopic (exact) mass is 361 g/mol. The second-order valence-electron chi connectivity index (χ2n) is 6.29. The van der Waals surface area contributed by atoms with Crippen molar-refractivity contribution < 1.29 is 9.53 Å². The molecule has 0 bridgehead atoms.